The molecule has 4 rings (SSSR count). The number of amides is 1. The van der Waals surface area contributed by atoms with Crippen LogP contribution in [0.2, 0.25) is 0 Å². The van der Waals surface area contributed by atoms with Gasteiger partial charge in [0.15, 0.2) is 5.69 Å². The van der Waals surface area contributed by atoms with Crippen molar-refractivity contribution >= 4 is 11.6 Å². The zero-order valence-electron chi connectivity index (χ0n) is 17.2. The lowest BCUT2D eigenvalue weighted by atomic mass is 10.1. The van der Waals surface area contributed by atoms with Crippen molar-refractivity contribution in [1.29, 1.82) is 0 Å². The first-order chi connectivity index (χ1) is 14.1. The van der Waals surface area contributed by atoms with E-state index in [4.69, 9.17) is 0 Å². The topological polar surface area (TPSA) is 50.2 Å². The number of benzene rings is 2. The number of nitrogens with zero attached hydrogens (tertiary/aromatic N) is 3. The molecule has 0 aliphatic heterocycles. The summed E-state index contributed by atoms with van der Waals surface area (Å²) in [6.45, 7) is 0.654. The van der Waals surface area contributed by atoms with Gasteiger partial charge in [-0.25, -0.2) is 4.68 Å². The quantitative estimate of drug-likeness (QED) is 0.627. The molecule has 1 aliphatic rings. The molecule has 1 aliphatic carbocycles. The second-order valence-electron chi connectivity index (χ2n) is 7.80. The zero-order chi connectivity index (χ0) is 20.2. The lowest BCUT2D eigenvalue weighted by molar-refractivity contribution is 0.0947. The van der Waals surface area contributed by atoms with E-state index >= 15 is 0 Å². The van der Waals surface area contributed by atoms with Crippen molar-refractivity contribution in [1.82, 2.24) is 15.1 Å². The van der Waals surface area contributed by atoms with Crippen LogP contribution in [0.15, 0.2) is 54.6 Å². The Hall–Kier alpha value is -3.08. The van der Waals surface area contributed by atoms with Gasteiger partial charge in [-0.3, -0.25) is 4.79 Å². The Morgan fingerprint density at radius 1 is 1.07 bits per heavy atom. The number of carbonyl (C=O) groups is 1. The molecule has 0 fully saturated rings. The molecule has 0 radical (unpaired) electrons. The number of carbonyl (C=O) groups excluding carboxylic acids is 1. The van der Waals surface area contributed by atoms with Gasteiger partial charge in [-0.05, 0) is 61.9 Å². The average molecular weight is 389 g/mol. The molecule has 0 spiro atoms. The minimum atomic E-state index is -0.0548. The third kappa shape index (κ3) is 4.19. The molecule has 0 saturated heterocycles. The van der Waals surface area contributed by atoms with E-state index in [0.717, 1.165) is 43.4 Å². The first kappa shape index (κ1) is 19.2. The van der Waals surface area contributed by atoms with Crippen LogP contribution in [0, 0.1) is 0 Å². The van der Waals surface area contributed by atoms with Crippen molar-refractivity contribution in [3.63, 3.8) is 0 Å². The summed E-state index contributed by atoms with van der Waals surface area (Å²) in [6, 6.07) is 18.7. The van der Waals surface area contributed by atoms with Gasteiger partial charge >= 0.3 is 0 Å². The minimum absolute atomic E-state index is 0.0548. The Morgan fingerprint density at radius 3 is 2.55 bits per heavy atom. The Balaban J connectivity index is 1.37. The number of fused-ring (bicyclic) bond motifs is 1. The Bertz CT molecular complexity index is 974. The van der Waals surface area contributed by atoms with Gasteiger partial charge in [0, 0.05) is 37.6 Å². The number of aromatic nitrogens is 2. The van der Waals surface area contributed by atoms with Crippen LogP contribution in [0.25, 0.3) is 5.69 Å². The molecule has 1 aromatic heterocycles. The maximum atomic E-state index is 12.8. The number of anilines is 1. The van der Waals surface area contributed by atoms with Gasteiger partial charge in [0.25, 0.3) is 5.91 Å². The van der Waals surface area contributed by atoms with E-state index in [9.17, 15) is 4.79 Å². The SMILES string of the molecule is CN(C)c1ccc(CCCNC(=O)c2nn(-c3ccccc3)c3c2CCC3)cc1. The van der Waals surface area contributed by atoms with Crippen LogP contribution >= 0.6 is 0 Å². The van der Waals surface area contributed by atoms with Crippen molar-refractivity contribution in [2.75, 3.05) is 25.5 Å². The zero-order valence-corrected chi connectivity index (χ0v) is 17.2. The van der Waals surface area contributed by atoms with Crippen LogP contribution in [0.3, 0.4) is 0 Å². The number of hydrogen-bond acceptors (Lipinski definition) is 3. The molecule has 29 heavy (non-hydrogen) atoms. The lowest BCUT2D eigenvalue weighted by Gasteiger charge is -2.12. The minimum Gasteiger partial charge on any atom is -0.378 e. The first-order valence-corrected chi connectivity index (χ1v) is 10.3. The molecule has 0 atom stereocenters. The van der Waals surface area contributed by atoms with Crippen LogP contribution in [0.4, 0.5) is 5.69 Å². The van der Waals surface area contributed by atoms with Gasteiger partial charge in [-0.2, -0.15) is 5.10 Å². The summed E-state index contributed by atoms with van der Waals surface area (Å²) in [5.74, 6) is -0.0548. The summed E-state index contributed by atoms with van der Waals surface area (Å²) in [6.07, 6.45) is 4.86. The molecule has 0 unspecified atom stereocenters. The summed E-state index contributed by atoms with van der Waals surface area (Å²) < 4.78 is 1.95. The number of aryl methyl sites for hydroxylation is 1. The largest absolute Gasteiger partial charge is 0.378 e. The van der Waals surface area contributed by atoms with Gasteiger partial charge < -0.3 is 10.2 Å². The molecule has 5 heteroatoms. The second-order valence-corrected chi connectivity index (χ2v) is 7.80. The lowest BCUT2D eigenvalue weighted by Crippen LogP contribution is -2.26. The van der Waals surface area contributed by atoms with Crippen LogP contribution in [0.5, 0.6) is 0 Å². The van der Waals surface area contributed by atoms with Crippen LogP contribution in [-0.2, 0) is 19.3 Å². The molecular formula is C24H28N4O. The van der Waals surface area contributed by atoms with Gasteiger partial charge in [-0.1, -0.05) is 30.3 Å². The highest BCUT2D eigenvalue weighted by Crippen LogP contribution is 2.27. The fraction of sp³-hybridized carbons (Fsp3) is 0.333. The second kappa shape index (κ2) is 8.52. The highest BCUT2D eigenvalue weighted by molar-refractivity contribution is 5.94. The maximum absolute atomic E-state index is 12.8. The van der Waals surface area contributed by atoms with Crippen molar-refractivity contribution in [2.45, 2.75) is 32.1 Å². The maximum Gasteiger partial charge on any atom is 0.272 e. The van der Waals surface area contributed by atoms with E-state index in [1.54, 1.807) is 0 Å². The van der Waals surface area contributed by atoms with E-state index in [1.807, 2.05) is 49.1 Å². The average Bonchev–Trinajstić information content (AvgIpc) is 3.35. The predicted octanol–water partition coefficient (Wildman–Crippen LogP) is 3.79. The summed E-state index contributed by atoms with van der Waals surface area (Å²) in [5.41, 5.74) is 6.40. The van der Waals surface area contributed by atoms with Gasteiger partial charge in [0.1, 0.15) is 0 Å². The molecule has 150 valence electrons. The van der Waals surface area contributed by atoms with Crippen LogP contribution < -0.4 is 10.2 Å². The van der Waals surface area contributed by atoms with Gasteiger partial charge in [-0.15, -0.1) is 0 Å². The standard InChI is InChI=1S/C24H28N4O/c1-27(2)19-15-13-18(14-16-19)8-7-17-25-24(29)23-21-11-6-12-22(21)28(26-23)20-9-4-3-5-10-20/h3-5,9-10,13-16H,6-8,11-12,17H2,1-2H3,(H,25,29). The van der Waals surface area contributed by atoms with Crippen molar-refractivity contribution in [2.24, 2.45) is 0 Å². The highest BCUT2D eigenvalue weighted by atomic mass is 16.1. The molecule has 1 amide bonds. The fourth-order valence-corrected chi connectivity index (χ4v) is 3.94. The molecule has 0 saturated carbocycles. The molecule has 0 bridgehead atoms. The smallest absolute Gasteiger partial charge is 0.272 e. The van der Waals surface area contributed by atoms with Gasteiger partial charge in [0.2, 0.25) is 0 Å². The highest BCUT2D eigenvalue weighted by Gasteiger charge is 2.26. The number of para-hydroxylation sites is 1. The predicted molar refractivity (Wildman–Crippen MR) is 117 cm³/mol. The summed E-state index contributed by atoms with van der Waals surface area (Å²) >= 11 is 0. The Labute approximate surface area is 172 Å². The summed E-state index contributed by atoms with van der Waals surface area (Å²) in [7, 11) is 4.08. The fourth-order valence-electron chi connectivity index (χ4n) is 3.94. The number of hydrogen-bond donors (Lipinski definition) is 1. The first-order valence-electron chi connectivity index (χ1n) is 10.3. The molecule has 1 heterocycles. The van der Waals surface area contributed by atoms with Gasteiger partial charge in [0.05, 0.1) is 5.69 Å². The van der Waals surface area contributed by atoms with Crippen molar-refractivity contribution < 1.29 is 4.79 Å². The normalized spacial score (nSPS) is 12.6. The van der Waals surface area contributed by atoms with E-state index < -0.39 is 0 Å². The third-order valence-electron chi connectivity index (χ3n) is 5.53. The summed E-state index contributed by atoms with van der Waals surface area (Å²) in [4.78, 5) is 14.9. The molecule has 5 nitrogen and oxygen atoms in total. The van der Waals surface area contributed by atoms with E-state index in [2.05, 4.69) is 39.6 Å². The molecular weight excluding hydrogens is 360 g/mol. The van der Waals surface area contributed by atoms with E-state index in [0.29, 0.717) is 12.2 Å². The Kier molecular flexibility index (Phi) is 5.65. The number of nitrogens with one attached hydrogen (secondary N) is 1. The molecule has 1 N–H and O–H groups in total. The van der Waals surface area contributed by atoms with E-state index in [-0.39, 0.29) is 5.91 Å². The Morgan fingerprint density at radius 2 is 1.83 bits per heavy atom. The third-order valence-corrected chi connectivity index (χ3v) is 5.53. The summed E-state index contributed by atoms with van der Waals surface area (Å²) in [5, 5.41) is 7.74. The van der Waals surface area contributed by atoms with Crippen molar-refractivity contribution in [3.8, 4) is 5.69 Å². The van der Waals surface area contributed by atoms with Crippen LogP contribution in [-0.4, -0.2) is 36.3 Å². The van der Waals surface area contributed by atoms with E-state index in [1.165, 1.54) is 16.9 Å². The number of rotatable bonds is 7. The molecule has 3 aromatic rings. The van der Waals surface area contributed by atoms with Crippen LogP contribution in [0.1, 0.15) is 40.2 Å². The monoisotopic (exact) mass is 388 g/mol. The van der Waals surface area contributed by atoms with Crippen molar-refractivity contribution in [3.05, 3.63) is 77.1 Å². The molecule has 2 aromatic carbocycles.